The van der Waals surface area contributed by atoms with Gasteiger partial charge in [0.15, 0.2) is 5.84 Å². The summed E-state index contributed by atoms with van der Waals surface area (Å²) in [5, 5.41) is 26.1. The summed E-state index contributed by atoms with van der Waals surface area (Å²) in [6.07, 6.45) is 2.00. The van der Waals surface area contributed by atoms with Gasteiger partial charge in [-0.15, -0.1) is 0 Å². The zero-order chi connectivity index (χ0) is 19.7. The van der Waals surface area contributed by atoms with Gasteiger partial charge in [-0.1, -0.05) is 42.5 Å². The predicted octanol–water partition coefficient (Wildman–Crippen LogP) is 3.46. The van der Waals surface area contributed by atoms with Crippen LogP contribution in [0.2, 0.25) is 0 Å². The number of carbonyl (C=O) groups excluding carboxylic acids is 1. The number of benzene rings is 2. The molecule has 0 saturated heterocycles. The normalized spacial score (nSPS) is 17.4. The second kappa shape index (κ2) is 7.20. The van der Waals surface area contributed by atoms with Gasteiger partial charge in [0.1, 0.15) is 5.04 Å². The average molecular weight is 391 g/mol. The molecular formula is C19H13N5O3S. The minimum Gasteiger partial charge on any atom is -0.282 e. The fourth-order valence-electron chi connectivity index (χ4n) is 2.77. The smallest absolute Gasteiger partial charge is 0.282 e. The topological polar surface area (TPSA) is 112 Å². The SMILES string of the molecule is N=C1/C(=C/c2cccc([N+](=O)[O-])c2)C(=O)N=C2SC(Cc3ccccc3)=NN12. The highest BCUT2D eigenvalue weighted by atomic mass is 32.2. The number of amides is 1. The summed E-state index contributed by atoms with van der Waals surface area (Å²) in [4.78, 5) is 26.9. The predicted molar refractivity (Wildman–Crippen MR) is 108 cm³/mol. The highest BCUT2D eigenvalue weighted by Crippen LogP contribution is 2.29. The Morgan fingerprint density at radius 2 is 1.96 bits per heavy atom. The van der Waals surface area contributed by atoms with Gasteiger partial charge in [0.2, 0.25) is 5.17 Å². The Hall–Kier alpha value is -3.59. The minimum atomic E-state index is -0.564. The Kier molecular flexibility index (Phi) is 4.58. The fraction of sp³-hybridized carbons (Fsp3) is 0.0526. The molecule has 28 heavy (non-hydrogen) atoms. The van der Waals surface area contributed by atoms with Crippen LogP contribution in [0.5, 0.6) is 0 Å². The van der Waals surface area contributed by atoms with Gasteiger partial charge < -0.3 is 0 Å². The molecule has 0 spiro atoms. The molecule has 0 saturated carbocycles. The van der Waals surface area contributed by atoms with Crippen LogP contribution >= 0.6 is 11.8 Å². The number of nitro benzene ring substituents is 1. The van der Waals surface area contributed by atoms with Crippen LogP contribution in [0, 0.1) is 15.5 Å². The molecule has 0 radical (unpaired) electrons. The number of nitrogens with one attached hydrogen (secondary N) is 1. The first-order valence-corrected chi connectivity index (χ1v) is 9.10. The Bertz CT molecular complexity index is 1090. The van der Waals surface area contributed by atoms with Crippen molar-refractivity contribution in [3.63, 3.8) is 0 Å². The molecule has 0 unspecified atom stereocenters. The summed E-state index contributed by atoms with van der Waals surface area (Å²) in [5.41, 5.74) is 1.46. The van der Waals surface area contributed by atoms with Crippen molar-refractivity contribution in [3.8, 4) is 0 Å². The number of thioether (sulfide) groups is 1. The van der Waals surface area contributed by atoms with E-state index in [0.717, 1.165) is 10.6 Å². The number of hydrogen-bond acceptors (Lipinski definition) is 6. The summed E-state index contributed by atoms with van der Waals surface area (Å²) < 4.78 is 0. The minimum absolute atomic E-state index is 0.0366. The maximum absolute atomic E-state index is 12.4. The van der Waals surface area contributed by atoms with E-state index in [1.54, 1.807) is 6.07 Å². The molecule has 0 fully saturated rings. The van der Waals surface area contributed by atoms with Crippen molar-refractivity contribution >= 4 is 45.5 Å². The van der Waals surface area contributed by atoms with Gasteiger partial charge in [0.05, 0.1) is 10.5 Å². The van der Waals surface area contributed by atoms with Crippen LogP contribution in [0.3, 0.4) is 0 Å². The Balaban J connectivity index is 1.62. The van der Waals surface area contributed by atoms with Crippen LogP contribution < -0.4 is 0 Å². The third kappa shape index (κ3) is 3.47. The molecule has 138 valence electrons. The number of nitrogens with zero attached hydrogens (tertiary/aromatic N) is 4. The second-order valence-electron chi connectivity index (χ2n) is 6.03. The largest absolute Gasteiger partial charge is 0.283 e. The number of fused-ring (bicyclic) bond motifs is 1. The van der Waals surface area contributed by atoms with E-state index >= 15 is 0 Å². The maximum atomic E-state index is 12.4. The molecule has 0 atom stereocenters. The van der Waals surface area contributed by atoms with Crippen LogP contribution in [-0.4, -0.2) is 31.9 Å². The van der Waals surface area contributed by atoms with Crippen LogP contribution in [0.4, 0.5) is 5.69 Å². The number of nitro groups is 1. The molecule has 9 heteroatoms. The highest BCUT2D eigenvalue weighted by Gasteiger charge is 2.35. The van der Waals surface area contributed by atoms with Crippen LogP contribution in [0.25, 0.3) is 6.08 Å². The van der Waals surface area contributed by atoms with Gasteiger partial charge >= 0.3 is 0 Å². The Morgan fingerprint density at radius 1 is 1.18 bits per heavy atom. The molecule has 0 aromatic heterocycles. The number of carbonyl (C=O) groups is 1. The van der Waals surface area contributed by atoms with Crippen molar-refractivity contribution in [1.82, 2.24) is 5.01 Å². The van der Waals surface area contributed by atoms with E-state index in [-0.39, 0.29) is 17.1 Å². The lowest BCUT2D eigenvalue weighted by molar-refractivity contribution is -0.384. The summed E-state index contributed by atoms with van der Waals surface area (Å²) in [7, 11) is 0. The lowest BCUT2D eigenvalue weighted by atomic mass is 10.1. The molecule has 2 aliphatic rings. The van der Waals surface area contributed by atoms with Gasteiger partial charge in [-0.25, -0.2) is 0 Å². The first-order valence-electron chi connectivity index (χ1n) is 8.29. The Labute approximate surface area is 163 Å². The zero-order valence-electron chi connectivity index (χ0n) is 14.4. The van der Waals surface area contributed by atoms with Crippen LogP contribution in [-0.2, 0) is 11.2 Å². The van der Waals surface area contributed by atoms with E-state index < -0.39 is 10.8 Å². The number of rotatable bonds is 4. The first kappa shape index (κ1) is 17.8. The van der Waals surface area contributed by atoms with Crippen molar-refractivity contribution in [2.75, 3.05) is 0 Å². The molecule has 2 heterocycles. The summed E-state index contributed by atoms with van der Waals surface area (Å²) >= 11 is 1.26. The zero-order valence-corrected chi connectivity index (χ0v) is 15.2. The van der Waals surface area contributed by atoms with Crippen molar-refractivity contribution in [2.45, 2.75) is 6.42 Å². The third-order valence-corrected chi connectivity index (χ3v) is 4.99. The molecule has 1 amide bonds. The van der Waals surface area contributed by atoms with Crippen LogP contribution in [0.1, 0.15) is 11.1 Å². The molecule has 2 aliphatic heterocycles. The fourth-order valence-corrected chi connectivity index (χ4v) is 3.69. The van der Waals surface area contributed by atoms with Gasteiger partial charge in [0, 0.05) is 18.6 Å². The van der Waals surface area contributed by atoms with E-state index in [2.05, 4.69) is 10.1 Å². The number of non-ortho nitro benzene ring substituents is 1. The average Bonchev–Trinajstić information content (AvgIpc) is 3.08. The van der Waals surface area contributed by atoms with Crippen molar-refractivity contribution in [1.29, 1.82) is 5.41 Å². The summed E-state index contributed by atoms with van der Waals surface area (Å²) in [6.45, 7) is 0. The van der Waals surface area contributed by atoms with Gasteiger partial charge in [0.25, 0.3) is 11.6 Å². The van der Waals surface area contributed by atoms with E-state index in [4.69, 9.17) is 5.41 Å². The number of amidine groups is 2. The monoisotopic (exact) mass is 391 g/mol. The molecule has 2 aromatic carbocycles. The molecule has 0 aliphatic carbocycles. The molecule has 2 aromatic rings. The number of hydrogen-bond donors (Lipinski definition) is 1. The highest BCUT2D eigenvalue weighted by molar-refractivity contribution is 8.26. The number of hydrazone groups is 1. The summed E-state index contributed by atoms with van der Waals surface area (Å²) in [6, 6.07) is 15.6. The lowest BCUT2D eigenvalue weighted by Crippen LogP contribution is -2.35. The van der Waals surface area contributed by atoms with Crippen molar-refractivity contribution in [2.24, 2.45) is 10.1 Å². The lowest BCUT2D eigenvalue weighted by Gasteiger charge is -2.20. The van der Waals surface area contributed by atoms with Gasteiger partial charge in [-0.05, 0) is 29.0 Å². The summed E-state index contributed by atoms with van der Waals surface area (Å²) in [5.74, 6) is -0.663. The molecular weight excluding hydrogens is 378 g/mol. The third-order valence-electron chi connectivity index (χ3n) is 4.09. The number of aliphatic imine (C=N–C) groups is 1. The van der Waals surface area contributed by atoms with E-state index in [1.807, 2.05) is 30.3 Å². The standard InChI is InChI=1S/C19H13N5O3S/c20-17-15(10-13-7-4-8-14(9-13)24(26)27)18(25)21-19-23(17)22-16(28-19)11-12-5-2-1-3-6-12/h1-10,20H,11H2/b15-10-,20-17?. The van der Waals surface area contributed by atoms with Gasteiger partial charge in [-0.2, -0.15) is 15.1 Å². The van der Waals surface area contributed by atoms with Crippen molar-refractivity contribution < 1.29 is 9.72 Å². The first-order chi connectivity index (χ1) is 13.5. The molecule has 1 N–H and O–H groups in total. The van der Waals surface area contributed by atoms with Crippen molar-refractivity contribution in [3.05, 3.63) is 81.4 Å². The maximum Gasteiger partial charge on any atom is 0.283 e. The molecule has 4 rings (SSSR count). The quantitative estimate of drug-likeness (QED) is 0.487. The van der Waals surface area contributed by atoms with E-state index in [0.29, 0.717) is 17.2 Å². The Morgan fingerprint density at radius 3 is 2.71 bits per heavy atom. The van der Waals surface area contributed by atoms with E-state index in [1.165, 1.54) is 41.0 Å². The second-order valence-corrected chi connectivity index (χ2v) is 7.07. The van der Waals surface area contributed by atoms with Gasteiger partial charge in [-0.3, -0.25) is 20.3 Å². The van der Waals surface area contributed by atoms with E-state index in [9.17, 15) is 14.9 Å². The van der Waals surface area contributed by atoms with Crippen LogP contribution in [0.15, 0.2) is 70.3 Å². The molecule has 0 bridgehead atoms. The molecule has 8 nitrogen and oxygen atoms in total.